The molecule has 0 saturated carbocycles. The number of nitrogen functional groups attached to an aromatic ring is 1. The molecule has 1 aromatic heterocycles. The zero-order valence-corrected chi connectivity index (χ0v) is 7.14. The van der Waals surface area contributed by atoms with E-state index in [2.05, 4.69) is 21.9 Å². The number of rotatable bonds is 3. The van der Waals surface area contributed by atoms with Crippen molar-refractivity contribution >= 4 is 17.7 Å². The van der Waals surface area contributed by atoms with E-state index in [-0.39, 0.29) is 0 Å². The first kappa shape index (κ1) is 8.26. The minimum absolute atomic E-state index is 0.290. The van der Waals surface area contributed by atoms with Gasteiger partial charge in [-0.25, -0.2) is 9.97 Å². The van der Waals surface area contributed by atoms with Gasteiger partial charge in [0.1, 0.15) is 6.33 Å². The quantitative estimate of drug-likeness (QED) is 0.684. The number of aromatic nitrogens is 3. The van der Waals surface area contributed by atoms with Crippen LogP contribution in [0.5, 0.6) is 0 Å². The topological polar surface area (TPSA) is 64.7 Å². The standard InChI is InChI=1S/C6H10N4S/c1-2-3-11-6-9-4-8-5(7)10-6/h4H,2-3H2,1H3,(H2,7,8,9,10). The van der Waals surface area contributed by atoms with Crippen molar-refractivity contribution in [3.05, 3.63) is 6.33 Å². The lowest BCUT2D eigenvalue weighted by Gasteiger charge is -1.96. The maximum absolute atomic E-state index is 5.35. The minimum atomic E-state index is 0.290. The Hall–Kier alpha value is -0.840. The summed E-state index contributed by atoms with van der Waals surface area (Å²) in [6.07, 6.45) is 2.54. The van der Waals surface area contributed by atoms with Gasteiger partial charge in [0.15, 0.2) is 5.16 Å². The first-order valence-corrected chi connectivity index (χ1v) is 4.39. The van der Waals surface area contributed by atoms with Crippen molar-refractivity contribution < 1.29 is 0 Å². The van der Waals surface area contributed by atoms with Crippen LogP contribution in [0.2, 0.25) is 0 Å². The Balaban J connectivity index is 2.56. The zero-order chi connectivity index (χ0) is 8.10. The third kappa shape index (κ3) is 2.71. The molecule has 0 spiro atoms. The maximum atomic E-state index is 5.35. The van der Waals surface area contributed by atoms with Crippen LogP contribution < -0.4 is 5.73 Å². The van der Waals surface area contributed by atoms with Crippen molar-refractivity contribution in [3.63, 3.8) is 0 Å². The summed E-state index contributed by atoms with van der Waals surface area (Å²) in [5, 5.41) is 0.708. The fourth-order valence-corrected chi connectivity index (χ4v) is 1.22. The highest BCUT2D eigenvalue weighted by Crippen LogP contribution is 2.12. The molecule has 0 unspecified atom stereocenters. The summed E-state index contributed by atoms with van der Waals surface area (Å²) >= 11 is 1.59. The summed E-state index contributed by atoms with van der Waals surface area (Å²) in [5.41, 5.74) is 5.35. The number of hydrogen-bond donors (Lipinski definition) is 1. The zero-order valence-electron chi connectivity index (χ0n) is 6.32. The van der Waals surface area contributed by atoms with Crippen LogP contribution >= 0.6 is 11.8 Å². The second kappa shape index (κ2) is 4.12. The van der Waals surface area contributed by atoms with Gasteiger partial charge >= 0.3 is 0 Å². The van der Waals surface area contributed by atoms with E-state index in [1.54, 1.807) is 11.8 Å². The summed E-state index contributed by atoms with van der Waals surface area (Å²) in [6, 6.07) is 0. The smallest absolute Gasteiger partial charge is 0.223 e. The molecule has 0 radical (unpaired) electrons. The molecule has 1 rings (SSSR count). The Kier molecular flexibility index (Phi) is 3.10. The van der Waals surface area contributed by atoms with Gasteiger partial charge in [0.2, 0.25) is 5.95 Å². The molecule has 1 heterocycles. The molecule has 0 aliphatic rings. The van der Waals surface area contributed by atoms with Crippen LogP contribution in [0.25, 0.3) is 0 Å². The van der Waals surface area contributed by atoms with Crippen molar-refractivity contribution in [3.8, 4) is 0 Å². The van der Waals surface area contributed by atoms with Gasteiger partial charge in [0.05, 0.1) is 0 Å². The van der Waals surface area contributed by atoms with Crippen LogP contribution in [0.1, 0.15) is 13.3 Å². The van der Waals surface area contributed by atoms with Crippen LogP contribution in [0.3, 0.4) is 0 Å². The summed E-state index contributed by atoms with van der Waals surface area (Å²) < 4.78 is 0. The third-order valence-electron chi connectivity index (χ3n) is 1.00. The van der Waals surface area contributed by atoms with E-state index in [4.69, 9.17) is 5.73 Å². The molecule has 0 aliphatic heterocycles. The number of hydrogen-bond acceptors (Lipinski definition) is 5. The molecule has 0 atom stereocenters. The van der Waals surface area contributed by atoms with E-state index in [9.17, 15) is 0 Å². The molecule has 0 aromatic carbocycles. The van der Waals surface area contributed by atoms with Gasteiger partial charge < -0.3 is 5.73 Å². The van der Waals surface area contributed by atoms with Crippen molar-refractivity contribution in [2.45, 2.75) is 18.5 Å². The molecule has 60 valence electrons. The van der Waals surface area contributed by atoms with E-state index < -0.39 is 0 Å². The molecule has 4 nitrogen and oxygen atoms in total. The summed E-state index contributed by atoms with van der Waals surface area (Å²) in [4.78, 5) is 11.6. The molecule has 0 amide bonds. The Morgan fingerprint density at radius 3 is 3.00 bits per heavy atom. The average Bonchev–Trinajstić information content (AvgIpc) is 2.01. The van der Waals surface area contributed by atoms with Crippen molar-refractivity contribution in [1.29, 1.82) is 0 Å². The molecule has 11 heavy (non-hydrogen) atoms. The molecular formula is C6H10N4S. The molecule has 5 heteroatoms. The lowest BCUT2D eigenvalue weighted by atomic mass is 10.6. The van der Waals surface area contributed by atoms with Gasteiger partial charge in [0, 0.05) is 5.75 Å². The summed E-state index contributed by atoms with van der Waals surface area (Å²) in [6.45, 7) is 2.11. The Bertz CT molecular complexity index is 228. The van der Waals surface area contributed by atoms with Gasteiger partial charge in [-0.1, -0.05) is 18.7 Å². The molecule has 2 N–H and O–H groups in total. The second-order valence-electron chi connectivity index (χ2n) is 1.97. The fourth-order valence-electron chi connectivity index (χ4n) is 0.556. The number of nitrogens with two attached hydrogens (primary N) is 1. The first-order valence-electron chi connectivity index (χ1n) is 3.40. The Morgan fingerprint density at radius 1 is 1.55 bits per heavy atom. The van der Waals surface area contributed by atoms with E-state index in [1.165, 1.54) is 6.33 Å². The number of nitrogens with zero attached hydrogens (tertiary/aromatic N) is 3. The summed E-state index contributed by atoms with van der Waals surface area (Å²) in [7, 11) is 0. The van der Waals surface area contributed by atoms with Crippen molar-refractivity contribution in [2.24, 2.45) is 0 Å². The van der Waals surface area contributed by atoms with Gasteiger partial charge in [-0.15, -0.1) is 0 Å². The van der Waals surface area contributed by atoms with Gasteiger partial charge in [-0.2, -0.15) is 4.98 Å². The fraction of sp³-hybridized carbons (Fsp3) is 0.500. The SMILES string of the molecule is CCCSc1ncnc(N)n1. The van der Waals surface area contributed by atoms with Gasteiger partial charge in [0.25, 0.3) is 0 Å². The Labute approximate surface area is 69.6 Å². The molecular weight excluding hydrogens is 160 g/mol. The molecule has 0 aliphatic carbocycles. The number of anilines is 1. The van der Waals surface area contributed by atoms with Crippen molar-refractivity contribution in [2.75, 3.05) is 11.5 Å². The highest BCUT2D eigenvalue weighted by molar-refractivity contribution is 7.99. The lowest BCUT2D eigenvalue weighted by molar-refractivity contribution is 0.913. The predicted molar refractivity (Wildman–Crippen MR) is 45.3 cm³/mol. The van der Waals surface area contributed by atoms with Crippen LogP contribution in [0.15, 0.2) is 11.5 Å². The highest BCUT2D eigenvalue weighted by atomic mass is 32.2. The maximum Gasteiger partial charge on any atom is 0.223 e. The predicted octanol–water partition coefficient (Wildman–Crippen LogP) is 0.956. The van der Waals surface area contributed by atoms with Crippen LogP contribution in [-0.2, 0) is 0 Å². The summed E-state index contributed by atoms with van der Waals surface area (Å²) in [5.74, 6) is 1.31. The lowest BCUT2D eigenvalue weighted by Crippen LogP contribution is -1.97. The highest BCUT2D eigenvalue weighted by Gasteiger charge is 1.95. The first-order chi connectivity index (χ1) is 5.33. The average molecular weight is 170 g/mol. The normalized spacial score (nSPS) is 9.91. The largest absolute Gasteiger partial charge is 0.368 e. The van der Waals surface area contributed by atoms with E-state index in [0.717, 1.165) is 12.2 Å². The van der Waals surface area contributed by atoms with E-state index in [0.29, 0.717) is 11.1 Å². The van der Waals surface area contributed by atoms with Crippen LogP contribution in [-0.4, -0.2) is 20.7 Å². The van der Waals surface area contributed by atoms with E-state index in [1.807, 2.05) is 0 Å². The van der Waals surface area contributed by atoms with Crippen molar-refractivity contribution in [1.82, 2.24) is 15.0 Å². The molecule has 0 fully saturated rings. The van der Waals surface area contributed by atoms with Gasteiger partial charge in [-0.05, 0) is 6.42 Å². The minimum Gasteiger partial charge on any atom is -0.368 e. The third-order valence-corrected chi connectivity index (χ3v) is 2.07. The number of thioether (sulfide) groups is 1. The van der Waals surface area contributed by atoms with Crippen LogP contribution in [0.4, 0.5) is 5.95 Å². The second-order valence-corrected chi connectivity index (χ2v) is 3.04. The molecule has 0 bridgehead atoms. The molecule has 0 saturated heterocycles. The van der Waals surface area contributed by atoms with Crippen LogP contribution in [0, 0.1) is 0 Å². The monoisotopic (exact) mass is 170 g/mol. The van der Waals surface area contributed by atoms with E-state index >= 15 is 0 Å². The molecule has 1 aromatic rings. The Morgan fingerprint density at radius 2 is 2.36 bits per heavy atom. The van der Waals surface area contributed by atoms with Gasteiger partial charge in [-0.3, -0.25) is 0 Å².